The Kier molecular flexibility index (Phi) is 4.29. The molecule has 1 unspecified atom stereocenters. The molecule has 1 aliphatic rings. The highest BCUT2D eigenvalue weighted by Crippen LogP contribution is 2.38. The first-order valence-corrected chi connectivity index (χ1v) is 8.15. The molecule has 1 atom stereocenters. The predicted octanol–water partition coefficient (Wildman–Crippen LogP) is 1.63. The van der Waals surface area contributed by atoms with Gasteiger partial charge < -0.3 is 5.11 Å². The lowest BCUT2D eigenvalue weighted by atomic mass is 9.92. The van der Waals surface area contributed by atoms with E-state index in [4.69, 9.17) is 0 Å². The summed E-state index contributed by atoms with van der Waals surface area (Å²) < 4.78 is 39.5. The minimum Gasteiger partial charge on any atom is -0.480 e. The summed E-state index contributed by atoms with van der Waals surface area (Å²) in [5, 5.41) is 9.53. The number of nitrogens with zero attached hydrogens (tertiary/aromatic N) is 2. The van der Waals surface area contributed by atoms with Gasteiger partial charge in [-0.05, 0) is 25.3 Å². The van der Waals surface area contributed by atoms with Crippen LogP contribution in [-0.2, 0) is 14.8 Å². The van der Waals surface area contributed by atoms with Crippen molar-refractivity contribution in [2.24, 2.45) is 0 Å². The van der Waals surface area contributed by atoms with Crippen LogP contribution in [0.1, 0.15) is 32.6 Å². The van der Waals surface area contributed by atoms with Crippen LogP contribution in [0.5, 0.6) is 0 Å². The first-order chi connectivity index (χ1) is 9.84. The molecule has 21 heavy (non-hydrogen) atoms. The number of hydrogen-bond donors (Lipinski definition) is 1. The first kappa shape index (κ1) is 15.8. The molecule has 1 saturated heterocycles. The van der Waals surface area contributed by atoms with Crippen LogP contribution in [0.3, 0.4) is 0 Å². The number of halogens is 1. The first-order valence-electron chi connectivity index (χ1n) is 6.71. The average Bonchev–Trinajstić information content (AvgIpc) is 2.85. The lowest BCUT2D eigenvalue weighted by Gasteiger charge is -2.33. The van der Waals surface area contributed by atoms with Gasteiger partial charge in [0.25, 0.3) is 0 Å². The van der Waals surface area contributed by atoms with E-state index in [9.17, 15) is 22.7 Å². The molecule has 0 bridgehead atoms. The second kappa shape index (κ2) is 5.69. The molecular weight excluding hydrogens is 299 g/mol. The van der Waals surface area contributed by atoms with Gasteiger partial charge >= 0.3 is 5.97 Å². The van der Waals surface area contributed by atoms with Gasteiger partial charge in [-0.25, -0.2) is 12.8 Å². The maximum Gasteiger partial charge on any atom is 0.325 e. The van der Waals surface area contributed by atoms with Crippen LogP contribution in [0.2, 0.25) is 0 Å². The van der Waals surface area contributed by atoms with Gasteiger partial charge in [0.05, 0.1) is 6.20 Å². The Morgan fingerprint density at radius 2 is 2.24 bits per heavy atom. The molecule has 1 aromatic rings. The van der Waals surface area contributed by atoms with Crippen LogP contribution in [0.25, 0.3) is 0 Å². The van der Waals surface area contributed by atoms with E-state index < -0.39 is 27.3 Å². The summed E-state index contributed by atoms with van der Waals surface area (Å²) in [4.78, 5) is 14.9. The van der Waals surface area contributed by atoms with Crippen molar-refractivity contribution in [2.45, 2.75) is 43.0 Å². The number of carbonyl (C=O) groups is 1. The highest BCUT2D eigenvalue weighted by Gasteiger charge is 2.52. The molecule has 0 spiro atoms. The molecule has 2 rings (SSSR count). The number of aliphatic carboxylic acids is 1. The van der Waals surface area contributed by atoms with Crippen molar-refractivity contribution in [3.05, 3.63) is 24.3 Å². The van der Waals surface area contributed by atoms with Gasteiger partial charge in [0.2, 0.25) is 10.0 Å². The van der Waals surface area contributed by atoms with Crippen molar-refractivity contribution in [3.63, 3.8) is 0 Å². The molecule has 0 aliphatic carbocycles. The molecule has 0 saturated carbocycles. The van der Waals surface area contributed by atoms with Gasteiger partial charge in [0.15, 0.2) is 0 Å². The van der Waals surface area contributed by atoms with Gasteiger partial charge in [-0.15, -0.1) is 0 Å². The number of aromatic nitrogens is 1. The third-order valence-corrected chi connectivity index (χ3v) is 5.69. The Morgan fingerprint density at radius 3 is 2.81 bits per heavy atom. The van der Waals surface area contributed by atoms with Crippen LogP contribution in [0, 0.1) is 5.82 Å². The van der Waals surface area contributed by atoms with Crippen molar-refractivity contribution in [1.82, 2.24) is 9.29 Å². The van der Waals surface area contributed by atoms with E-state index in [0.717, 1.165) is 22.8 Å². The number of sulfonamides is 1. The smallest absolute Gasteiger partial charge is 0.325 e. The topological polar surface area (TPSA) is 87.6 Å². The van der Waals surface area contributed by atoms with E-state index >= 15 is 0 Å². The summed E-state index contributed by atoms with van der Waals surface area (Å²) in [6.07, 6.45) is 3.44. The Hall–Kier alpha value is -1.54. The lowest BCUT2D eigenvalue weighted by molar-refractivity contribution is -0.147. The summed E-state index contributed by atoms with van der Waals surface area (Å²) in [5.74, 6) is -1.93. The monoisotopic (exact) mass is 316 g/mol. The van der Waals surface area contributed by atoms with E-state index in [0.29, 0.717) is 12.8 Å². The minimum absolute atomic E-state index is 0.116. The van der Waals surface area contributed by atoms with E-state index in [1.54, 1.807) is 6.92 Å². The zero-order valence-electron chi connectivity index (χ0n) is 11.6. The van der Waals surface area contributed by atoms with Gasteiger partial charge in [-0.1, -0.05) is 13.3 Å². The summed E-state index contributed by atoms with van der Waals surface area (Å²) in [6, 6.07) is 0.860. The Bertz CT molecular complexity index is 649. The highest BCUT2D eigenvalue weighted by molar-refractivity contribution is 7.89. The maximum atomic E-state index is 13.2. The van der Waals surface area contributed by atoms with E-state index in [-0.39, 0.29) is 24.3 Å². The summed E-state index contributed by atoms with van der Waals surface area (Å²) in [6.45, 7) is 1.92. The second-order valence-corrected chi connectivity index (χ2v) is 6.97. The molecule has 1 aliphatic heterocycles. The van der Waals surface area contributed by atoms with Crippen molar-refractivity contribution in [1.29, 1.82) is 0 Å². The summed E-state index contributed by atoms with van der Waals surface area (Å²) in [5.41, 5.74) is -1.44. The zero-order valence-corrected chi connectivity index (χ0v) is 12.4. The molecule has 6 nitrogen and oxygen atoms in total. The Balaban J connectivity index is 2.50. The minimum atomic E-state index is -4.09. The SMILES string of the molecule is CCCC1(C(=O)O)CCCN1S(=O)(=O)c1cncc(F)c1. The Labute approximate surface area is 122 Å². The lowest BCUT2D eigenvalue weighted by Crippen LogP contribution is -2.52. The number of pyridine rings is 1. The fraction of sp³-hybridized carbons (Fsp3) is 0.538. The van der Waals surface area contributed by atoms with Crippen molar-refractivity contribution >= 4 is 16.0 Å². The number of carboxylic acids is 1. The standard InChI is InChI=1S/C13H17FN2O4S/c1-2-4-13(12(17)18)5-3-6-16(13)21(19,20)11-7-10(14)8-15-9-11/h7-9H,2-6H2,1H3,(H,17,18). The van der Waals surface area contributed by atoms with Crippen LogP contribution in [-0.4, -0.2) is 40.9 Å². The predicted molar refractivity (Wildman–Crippen MR) is 72.6 cm³/mol. The fourth-order valence-corrected chi connectivity index (χ4v) is 4.65. The normalized spacial score (nSPS) is 23.3. The molecule has 0 aromatic carbocycles. The van der Waals surface area contributed by atoms with Gasteiger partial charge in [-0.2, -0.15) is 4.31 Å². The van der Waals surface area contributed by atoms with Crippen molar-refractivity contribution in [3.8, 4) is 0 Å². The van der Waals surface area contributed by atoms with Crippen LogP contribution in [0.4, 0.5) is 4.39 Å². The van der Waals surface area contributed by atoms with E-state index in [1.807, 2.05) is 0 Å². The fourth-order valence-electron chi connectivity index (χ4n) is 2.85. The molecule has 0 radical (unpaired) electrons. The average molecular weight is 316 g/mol. The number of rotatable bonds is 5. The van der Waals surface area contributed by atoms with Gasteiger partial charge in [0.1, 0.15) is 16.3 Å². The van der Waals surface area contributed by atoms with Gasteiger partial charge in [0, 0.05) is 12.7 Å². The van der Waals surface area contributed by atoms with Crippen LogP contribution < -0.4 is 0 Å². The Morgan fingerprint density at radius 1 is 1.52 bits per heavy atom. The van der Waals surface area contributed by atoms with E-state index in [2.05, 4.69) is 4.98 Å². The van der Waals surface area contributed by atoms with Gasteiger partial charge in [-0.3, -0.25) is 9.78 Å². The molecule has 1 aromatic heterocycles. The third-order valence-electron chi connectivity index (χ3n) is 3.76. The molecule has 1 fully saturated rings. The molecule has 0 amide bonds. The number of carboxylic acid groups (broad SMARTS) is 1. The van der Waals surface area contributed by atoms with Crippen LogP contribution >= 0.6 is 0 Å². The summed E-state index contributed by atoms with van der Waals surface area (Å²) >= 11 is 0. The molecule has 116 valence electrons. The molecular formula is C13H17FN2O4S. The van der Waals surface area contributed by atoms with Crippen LogP contribution in [0.15, 0.2) is 23.4 Å². The third kappa shape index (κ3) is 2.65. The molecule has 1 N–H and O–H groups in total. The summed E-state index contributed by atoms with van der Waals surface area (Å²) in [7, 11) is -4.09. The molecule has 8 heteroatoms. The van der Waals surface area contributed by atoms with E-state index in [1.165, 1.54) is 0 Å². The largest absolute Gasteiger partial charge is 0.480 e. The highest BCUT2D eigenvalue weighted by atomic mass is 32.2. The second-order valence-electron chi connectivity index (χ2n) is 5.11. The maximum absolute atomic E-state index is 13.2. The quantitative estimate of drug-likeness (QED) is 0.892. The van der Waals surface area contributed by atoms with Crippen molar-refractivity contribution in [2.75, 3.05) is 6.54 Å². The van der Waals surface area contributed by atoms with Crippen molar-refractivity contribution < 1.29 is 22.7 Å². The molecule has 2 heterocycles. The zero-order chi connectivity index (χ0) is 15.7. The number of hydrogen-bond acceptors (Lipinski definition) is 4.